The lowest BCUT2D eigenvalue weighted by Gasteiger charge is -2.07. The van der Waals surface area contributed by atoms with Crippen molar-refractivity contribution in [3.05, 3.63) is 52.8 Å². The number of aromatic nitrogens is 2. The highest BCUT2D eigenvalue weighted by molar-refractivity contribution is 9.10. The summed E-state index contributed by atoms with van der Waals surface area (Å²) in [6, 6.07) is 7.36. The van der Waals surface area contributed by atoms with E-state index in [1.54, 1.807) is 22.8 Å². The summed E-state index contributed by atoms with van der Waals surface area (Å²) in [5, 5.41) is 0. The molecule has 0 aliphatic carbocycles. The van der Waals surface area contributed by atoms with E-state index in [1.807, 2.05) is 0 Å². The van der Waals surface area contributed by atoms with Gasteiger partial charge >= 0.3 is 0 Å². The average Bonchev–Trinajstić information content (AvgIpc) is 2.76. The van der Waals surface area contributed by atoms with Gasteiger partial charge in [0.05, 0.1) is 21.2 Å². The number of benzene rings is 2. The molecular weight excluding hydrogens is 316 g/mol. The Labute approximate surface area is 115 Å². The van der Waals surface area contributed by atoms with Gasteiger partial charge in [-0.05, 0) is 40.2 Å². The quantitative estimate of drug-likeness (QED) is 0.548. The van der Waals surface area contributed by atoms with E-state index in [1.165, 1.54) is 12.4 Å². The molecule has 19 heavy (non-hydrogen) atoms. The van der Waals surface area contributed by atoms with Crippen molar-refractivity contribution in [2.45, 2.75) is 0 Å². The molecule has 3 nitrogen and oxygen atoms in total. The molecule has 3 aromatic rings. The third-order valence-electron chi connectivity index (χ3n) is 2.82. The second-order valence-corrected chi connectivity index (χ2v) is 4.93. The zero-order valence-corrected chi connectivity index (χ0v) is 11.2. The van der Waals surface area contributed by atoms with Crippen molar-refractivity contribution in [3.8, 4) is 5.69 Å². The lowest BCUT2D eigenvalue weighted by atomic mass is 10.2. The van der Waals surface area contributed by atoms with Gasteiger partial charge in [0.25, 0.3) is 0 Å². The summed E-state index contributed by atoms with van der Waals surface area (Å²) in [5.74, 6) is -1.30. The van der Waals surface area contributed by atoms with Gasteiger partial charge in [0, 0.05) is 11.8 Å². The first kappa shape index (κ1) is 12.1. The van der Waals surface area contributed by atoms with Crippen LogP contribution < -0.4 is 5.73 Å². The molecule has 0 saturated carbocycles. The number of hydrogen-bond donors (Lipinski definition) is 1. The molecule has 0 saturated heterocycles. The summed E-state index contributed by atoms with van der Waals surface area (Å²) in [5.41, 5.74) is 7.82. The van der Waals surface area contributed by atoms with Crippen molar-refractivity contribution >= 4 is 32.7 Å². The van der Waals surface area contributed by atoms with Gasteiger partial charge in [-0.3, -0.25) is 4.57 Å². The van der Waals surface area contributed by atoms with Gasteiger partial charge in [0.2, 0.25) is 0 Å². The number of nitrogens with two attached hydrogens (primary N) is 1. The van der Waals surface area contributed by atoms with E-state index in [0.29, 0.717) is 16.7 Å². The van der Waals surface area contributed by atoms with Crippen LogP contribution in [0.2, 0.25) is 0 Å². The Kier molecular flexibility index (Phi) is 2.74. The van der Waals surface area contributed by atoms with Crippen LogP contribution >= 0.6 is 15.9 Å². The second kappa shape index (κ2) is 4.31. The van der Waals surface area contributed by atoms with E-state index in [9.17, 15) is 8.78 Å². The Hall–Kier alpha value is -1.95. The van der Waals surface area contributed by atoms with Gasteiger partial charge in [-0.15, -0.1) is 0 Å². The number of anilines is 1. The second-order valence-electron chi connectivity index (χ2n) is 4.08. The normalized spacial score (nSPS) is 11.1. The molecule has 3 rings (SSSR count). The first-order valence-corrected chi connectivity index (χ1v) is 6.23. The topological polar surface area (TPSA) is 43.8 Å². The number of rotatable bonds is 1. The monoisotopic (exact) mass is 323 g/mol. The van der Waals surface area contributed by atoms with E-state index in [2.05, 4.69) is 20.9 Å². The van der Waals surface area contributed by atoms with Crippen LogP contribution in [0.1, 0.15) is 0 Å². The summed E-state index contributed by atoms with van der Waals surface area (Å²) < 4.78 is 28.9. The number of hydrogen-bond acceptors (Lipinski definition) is 2. The lowest BCUT2D eigenvalue weighted by Crippen LogP contribution is -1.98. The number of imidazole rings is 1. The van der Waals surface area contributed by atoms with Crippen molar-refractivity contribution in [3.63, 3.8) is 0 Å². The Morgan fingerprint density at radius 1 is 1.11 bits per heavy atom. The molecule has 0 unspecified atom stereocenters. The van der Waals surface area contributed by atoms with E-state index < -0.39 is 11.6 Å². The van der Waals surface area contributed by atoms with E-state index >= 15 is 0 Å². The molecule has 6 heteroatoms. The summed E-state index contributed by atoms with van der Waals surface area (Å²) in [6.45, 7) is 0. The SMILES string of the molecule is Nc1ccc2c(c1)ncn2-c1cc(Br)c(F)cc1F. The van der Waals surface area contributed by atoms with E-state index in [0.717, 1.165) is 6.07 Å². The minimum absolute atomic E-state index is 0.196. The maximum Gasteiger partial charge on any atom is 0.150 e. The Balaban J connectivity index is 2.28. The van der Waals surface area contributed by atoms with Crippen LogP contribution in [0.4, 0.5) is 14.5 Å². The number of fused-ring (bicyclic) bond motifs is 1. The fraction of sp³-hybridized carbons (Fsp3) is 0. The highest BCUT2D eigenvalue weighted by atomic mass is 79.9. The summed E-state index contributed by atoms with van der Waals surface area (Å²) in [4.78, 5) is 4.16. The number of nitrogens with zero attached hydrogens (tertiary/aromatic N) is 2. The minimum Gasteiger partial charge on any atom is -0.399 e. The largest absolute Gasteiger partial charge is 0.399 e. The molecule has 2 aromatic carbocycles. The molecule has 0 atom stereocenters. The van der Waals surface area contributed by atoms with Gasteiger partial charge in [-0.2, -0.15) is 0 Å². The van der Waals surface area contributed by atoms with Crippen molar-refractivity contribution in [1.29, 1.82) is 0 Å². The van der Waals surface area contributed by atoms with Crippen molar-refractivity contribution in [2.24, 2.45) is 0 Å². The van der Waals surface area contributed by atoms with Crippen LogP contribution in [0.25, 0.3) is 16.7 Å². The molecule has 96 valence electrons. The van der Waals surface area contributed by atoms with Crippen molar-refractivity contribution in [1.82, 2.24) is 9.55 Å². The molecule has 0 aliphatic heterocycles. The van der Waals surface area contributed by atoms with Gasteiger partial charge in [0.15, 0.2) is 0 Å². The van der Waals surface area contributed by atoms with E-state index in [4.69, 9.17) is 5.73 Å². The lowest BCUT2D eigenvalue weighted by molar-refractivity contribution is 0.574. The van der Waals surface area contributed by atoms with E-state index in [-0.39, 0.29) is 10.2 Å². The third-order valence-corrected chi connectivity index (χ3v) is 3.43. The highest BCUT2D eigenvalue weighted by Crippen LogP contribution is 2.26. The van der Waals surface area contributed by atoms with Crippen LogP contribution in [0.3, 0.4) is 0 Å². The van der Waals surface area contributed by atoms with Crippen LogP contribution in [-0.2, 0) is 0 Å². The predicted molar refractivity (Wildman–Crippen MR) is 73.1 cm³/mol. The molecule has 0 fully saturated rings. The van der Waals surface area contributed by atoms with Crippen LogP contribution in [0, 0.1) is 11.6 Å². The van der Waals surface area contributed by atoms with Crippen LogP contribution in [-0.4, -0.2) is 9.55 Å². The molecular formula is C13H8BrF2N3. The number of nitrogen functional groups attached to an aromatic ring is 1. The summed E-state index contributed by atoms with van der Waals surface area (Å²) in [7, 11) is 0. The summed E-state index contributed by atoms with van der Waals surface area (Å²) in [6.07, 6.45) is 1.48. The van der Waals surface area contributed by atoms with Gasteiger partial charge < -0.3 is 5.73 Å². The third kappa shape index (κ3) is 1.98. The first-order chi connectivity index (χ1) is 9.06. The fourth-order valence-electron chi connectivity index (χ4n) is 1.92. The van der Waals surface area contributed by atoms with Crippen molar-refractivity contribution in [2.75, 3.05) is 5.73 Å². The maximum atomic E-state index is 13.9. The zero-order valence-electron chi connectivity index (χ0n) is 9.57. The predicted octanol–water partition coefficient (Wildman–Crippen LogP) is 3.65. The van der Waals surface area contributed by atoms with Crippen LogP contribution in [0.5, 0.6) is 0 Å². The summed E-state index contributed by atoms with van der Waals surface area (Å²) >= 11 is 3.05. The highest BCUT2D eigenvalue weighted by Gasteiger charge is 2.12. The van der Waals surface area contributed by atoms with Gasteiger partial charge in [-0.1, -0.05) is 0 Å². The van der Waals surface area contributed by atoms with Gasteiger partial charge in [-0.25, -0.2) is 13.8 Å². The first-order valence-electron chi connectivity index (χ1n) is 5.44. The van der Waals surface area contributed by atoms with Crippen molar-refractivity contribution < 1.29 is 8.78 Å². The molecule has 0 amide bonds. The van der Waals surface area contributed by atoms with Crippen LogP contribution in [0.15, 0.2) is 41.1 Å². The Morgan fingerprint density at radius 3 is 2.68 bits per heavy atom. The molecule has 2 N–H and O–H groups in total. The molecule has 1 aromatic heterocycles. The number of halogens is 3. The average molecular weight is 324 g/mol. The molecule has 0 aliphatic rings. The standard InChI is InChI=1S/C13H8BrF2N3/c14-8-4-13(10(16)5-9(8)15)19-6-18-11-3-7(17)1-2-12(11)19/h1-6H,17H2. The van der Waals surface area contributed by atoms with Gasteiger partial charge in [0.1, 0.15) is 18.0 Å². The smallest absolute Gasteiger partial charge is 0.150 e. The molecule has 0 spiro atoms. The fourth-order valence-corrected chi connectivity index (χ4v) is 2.25. The molecule has 0 radical (unpaired) electrons. The zero-order chi connectivity index (χ0) is 13.6. The minimum atomic E-state index is -0.656. The molecule has 1 heterocycles. The maximum absolute atomic E-state index is 13.9. The Bertz CT molecular complexity index is 783. The molecule has 0 bridgehead atoms. The Morgan fingerprint density at radius 2 is 1.89 bits per heavy atom.